The minimum absolute atomic E-state index is 0.0219. The molecule has 1 saturated heterocycles. The Morgan fingerprint density at radius 1 is 1.26 bits per heavy atom. The minimum atomic E-state index is -0.909. The van der Waals surface area contributed by atoms with E-state index in [1.54, 1.807) is 35.0 Å². The van der Waals surface area contributed by atoms with Crippen LogP contribution >= 0.6 is 11.8 Å². The first-order valence-corrected chi connectivity index (χ1v) is 8.14. The number of fused-ring (bicyclic) bond motifs is 1. The Hall–Kier alpha value is -2.48. The van der Waals surface area contributed by atoms with Crippen LogP contribution in [0.5, 0.6) is 0 Å². The Morgan fingerprint density at radius 3 is 2.78 bits per heavy atom. The van der Waals surface area contributed by atoms with Crippen molar-refractivity contribution < 1.29 is 19.5 Å². The molecule has 1 aromatic carbocycles. The second-order valence-electron chi connectivity index (χ2n) is 5.23. The van der Waals surface area contributed by atoms with Crippen LogP contribution in [0, 0.1) is 0 Å². The van der Waals surface area contributed by atoms with Crippen LogP contribution in [0.3, 0.4) is 0 Å². The van der Waals surface area contributed by atoms with Crippen molar-refractivity contribution in [2.45, 2.75) is 6.54 Å². The van der Waals surface area contributed by atoms with E-state index in [-0.39, 0.29) is 24.9 Å². The Balaban J connectivity index is 1.69. The molecule has 3 rings (SSSR count). The molecule has 2 N–H and O–H groups in total. The first-order valence-electron chi connectivity index (χ1n) is 6.99. The lowest BCUT2D eigenvalue weighted by Crippen LogP contribution is -2.34. The van der Waals surface area contributed by atoms with E-state index < -0.39 is 5.97 Å². The fourth-order valence-corrected chi connectivity index (χ4v) is 3.38. The van der Waals surface area contributed by atoms with Gasteiger partial charge in [-0.3, -0.25) is 14.4 Å². The summed E-state index contributed by atoms with van der Waals surface area (Å²) in [4.78, 5) is 35.8. The number of aromatic nitrogens is 1. The van der Waals surface area contributed by atoms with Crippen LogP contribution in [-0.2, 0) is 20.9 Å². The van der Waals surface area contributed by atoms with Crippen LogP contribution in [0.4, 0.5) is 5.69 Å². The van der Waals surface area contributed by atoms with Gasteiger partial charge in [0.25, 0.3) is 0 Å². The van der Waals surface area contributed by atoms with Crippen molar-refractivity contribution >= 4 is 46.1 Å². The highest BCUT2D eigenvalue weighted by molar-refractivity contribution is 8.00. The number of rotatable bonds is 5. The molecule has 23 heavy (non-hydrogen) atoms. The van der Waals surface area contributed by atoms with E-state index >= 15 is 0 Å². The number of anilines is 1. The third-order valence-corrected chi connectivity index (χ3v) is 4.47. The highest BCUT2D eigenvalue weighted by Gasteiger charge is 2.22. The summed E-state index contributed by atoms with van der Waals surface area (Å²) in [6.07, 6.45) is 1.70. The zero-order valence-electron chi connectivity index (χ0n) is 12.2. The summed E-state index contributed by atoms with van der Waals surface area (Å²) < 4.78 is 1.63. The van der Waals surface area contributed by atoms with Gasteiger partial charge in [-0.25, -0.2) is 0 Å². The van der Waals surface area contributed by atoms with Gasteiger partial charge in [0.2, 0.25) is 11.8 Å². The molecule has 0 bridgehead atoms. The number of amides is 2. The average Bonchev–Trinajstić information content (AvgIpc) is 3.06. The van der Waals surface area contributed by atoms with Gasteiger partial charge in [-0.1, -0.05) is 0 Å². The van der Waals surface area contributed by atoms with Crippen molar-refractivity contribution in [3.05, 3.63) is 30.5 Å². The van der Waals surface area contributed by atoms with Crippen LogP contribution in [0.1, 0.15) is 0 Å². The van der Waals surface area contributed by atoms with E-state index in [2.05, 4.69) is 5.32 Å². The van der Waals surface area contributed by atoms with Crippen molar-refractivity contribution in [2.75, 3.05) is 23.5 Å². The third kappa shape index (κ3) is 3.48. The molecule has 1 aliphatic heterocycles. The molecule has 0 atom stereocenters. The molecule has 2 aromatic rings. The van der Waals surface area contributed by atoms with E-state index in [9.17, 15) is 14.4 Å². The van der Waals surface area contributed by atoms with Crippen LogP contribution in [0.25, 0.3) is 10.9 Å². The Labute approximate surface area is 136 Å². The smallest absolute Gasteiger partial charge is 0.323 e. The maximum absolute atomic E-state index is 12.0. The van der Waals surface area contributed by atoms with Gasteiger partial charge in [0.15, 0.2) is 0 Å². The summed E-state index contributed by atoms with van der Waals surface area (Å²) in [6, 6.07) is 7.07. The van der Waals surface area contributed by atoms with Crippen molar-refractivity contribution in [1.29, 1.82) is 0 Å². The van der Waals surface area contributed by atoms with Crippen molar-refractivity contribution in [3.63, 3.8) is 0 Å². The highest BCUT2D eigenvalue weighted by Crippen LogP contribution is 2.21. The van der Waals surface area contributed by atoms with Gasteiger partial charge in [-0.2, -0.15) is 0 Å². The number of aliphatic carboxylic acids is 1. The summed E-state index contributed by atoms with van der Waals surface area (Å²) in [5, 5.41) is 12.5. The number of nitrogens with zero attached hydrogens (tertiary/aromatic N) is 2. The molecule has 120 valence electrons. The lowest BCUT2D eigenvalue weighted by molar-refractivity contribution is -0.137. The second kappa shape index (κ2) is 6.33. The third-order valence-electron chi connectivity index (χ3n) is 3.52. The van der Waals surface area contributed by atoms with Crippen LogP contribution < -0.4 is 5.32 Å². The molecule has 0 aliphatic carbocycles. The summed E-state index contributed by atoms with van der Waals surface area (Å²) in [7, 11) is 0. The fraction of sp³-hybridized carbons (Fsp3) is 0.267. The Kier molecular flexibility index (Phi) is 4.24. The summed E-state index contributed by atoms with van der Waals surface area (Å²) in [5.74, 6) is -0.204. The quantitative estimate of drug-likeness (QED) is 0.858. The highest BCUT2D eigenvalue weighted by atomic mass is 32.2. The number of benzene rings is 1. The molecule has 0 saturated carbocycles. The molecular formula is C15H15N3O4S. The number of thioether (sulfide) groups is 1. The van der Waals surface area contributed by atoms with Gasteiger partial charge in [0.05, 0.1) is 11.6 Å². The number of hydrogen-bond acceptors (Lipinski definition) is 4. The second-order valence-corrected chi connectivity index (χ2v) is 6.18. The summed E-state index contributed by atoms with van der Waals surface area (Å²) >= 11 is 1.49. The van der Waals surface area contributed by atoms with Gasteiger partial charge < -0.3 is 19.9 Å². The molecule has 2 heterocycles. The first kappa shape index (κ1) is 15.4. The maximum Gasteiger partial charge on any atom is 0.323 e. The largest absolute Gasteiger partial charge is 0.480 e. The monoisotopic (exact) mass is 333 g/mol. The number of hydrogen-bond donors (Lipinski definition) is 2. The molecule has 2 amide bonds. The van der Waals surface area contributed by atoms with Gasteiger partial charge >= 0.3 is 5.97 Å². The SMILES string of the molecule is O=C(O)Cn1ccc2cc(NC(=O)CN3CSCC3=O)ccc21. The lowest BCUT2D eigenvalue weighted by Gasteiger charge is -2.14. The zero-order valence-corrected chi connectivity index (χ0v) is 13.0. The Morgan fingerprint density at radius 2 is 2.09 bits per heavy atom. The predicted molar refractivity (Wildman–Crippen MR) is 87.2 cm³/mol. The Bertz CT molecular complexity index is 786. The molecule has 1 aromatic heterocycles. The zero-order chi connectivity index (χ0) is 16.4. The summed E-state index contributed by atoms with van der Waals surface area (Å²) in [5.41, 5.74) is 1.41. The molecule has 0 spiro atoms. The van der Waals surface area contributed by atoms with Crippen LogP contribution in [-0.4, -0.2) is 50.5 Å². The normalized spacial score (nSPS) is 14.4. The van der Waals surface area contributed by atoms with E-state index in [1.165, 1.54) is 16.7 Å². The number of carbonyl (C=O) groups is 3. The van der Waals surface area contributed by atoms with Crippen LogP contribution in [0.15, 0.2) is 30.5 Å². The molecule has 8 heteroatoms. The molecular weight excluding hydrogens is 318 g/mol. The van der Waals surface area contributed by atoms with E-state index in [4.69, 9.17) is 5.11 Å². The van der Waals surface area contributed by atoms with E-state index in [1.807, 2.05) is 0 Å². The van der Waals surface area contributed by atoms with Gasteiger partial charge in [0.1, 0.15) is 13.1 Å². The first-order chi connectivity index (χ1) is 11.0. The van der Waals surface area contributed by atoms with Crippen LogP contribution in [0.2, 0.25) is 0 Å². The van der Waals surface area contributed by atoms with E-state index in [0.29, 0.717) is 17.3 Å². The molecule has 7 nitrogen and oxygen atoms in total. The maximum atomic E-state index is 12.0. The van der Waals surface area contributed by atoms with Crippen molar-refractivity contribution in [2.24, 2.45) is 0 Å². The van der Waals surface area contributed by atoms with Gasteiger partial charge in [-0.05, 0) is 24.3 Å². The fourth-order valence-electron chi connectivity index (χ4n) is 2.48. The molecule has 0 radical (unpaired) electrons. The molecule has 1 aliphatic rings. The van der Waals surface area contributed by atoms with Gasteiger partial charge in [-0.15, -0.1) is 11.8 Å². The molecule has 0 unspecified atom stereocenters. The molecule has 1 fully saturated rings. The van der Waals surface area contributed by atoms with Crippen molar-refractivity contribution in [3.8, 4) is 0 Å². The number of nitrogens with one attached hydrogen (secondary N) is 1. The topological polar surface area (TPSA) is 91.6 Å². The van der Waals surface area contributed by atoms with Gasteiger partial charge in [0, 0.05) is 22.8 Å². The lowest BCUT2D eigenvalue weighted by atomic mass is 10.2. The van der Waals surface area contributed by atoms with Crippen molar-refractivity contribution in [1.82, 2.24) is 9.47 Å². The average molecular weight is 333 g/mol. The standard InChI is InChI=1S/C15H15N3O4S/c19-13(6-18-9-23-8-14(18)20)16-11-1-2-12-10(5-11)3-4-17(12)7-15(21)22/h1-5H,6-9H2,(H,16,19)(H,21,22). The number of carbonyl (C=O) groups excluding carboxylic acids is 2. The summed E-state index contributed by atoms with van der Waals surface area (Å²) in [6.45, 7) is -0.0617. The van der Waals surface area contributed by atoms with E-state index in [0.717, 1.165) is 10.9 Å². The number of carboxylic acids is 1. The number of carboxylic acid groups (broad SMARTS) is 1. The minimum Gasteiger partial charge on any atom is -0.480 e. The predicted octanol–water partition coefficient (Wildman–Crippen LogP) is 1.20.